The molecule has 6 nitrogen and oxygen atoms in total. The Balaban J connectivity index is 2.48. The molecule has 4 N–H and O–H groups in total. The van der Waals surface area contributed by atoms with Crippen LogP contribution in [0.15, 0.2) is 24.3 Å². The molecular weight excluding hydrogens is 294 g/mol. The maximum atomic E-state index is 12.2. The summed E-state index contributed by atoms with van der Waals surface area (Å²) in [5, 5.41) is 12.8. The summed E-state index contributed by atoms with van der Waals surface area (Å²) < 4.78 is 5.36. The molecule has 1 aromatic carbocycles. The lowest BCUT2D eigenvalue weighted by atomic mass is 10.2. The number of benzene rings is 1. The van der Waals surface area contributed by atoms with Crippen LogP contribution in [0, 0.1) is 0 Å². The van der Waals surface area contributed by atoms with Crippen LogP contribution in [-0.2, 0) is 11.3 Å². The topological polar surface area (TPSA) is 87.8 Å². The van der Waals surface area contributed by atoms with Gasteiger partial charge in [-0.3, -0.25) is 0 Å². The first kappa shape index (κ1) is 19.3. The number of hydrogen-bond donors (Lipinski definition) is 3. The van der Waals surface area contributed by atoms with Gasteiger partial charge in [-0.05, 0) is 39.3 Å². The van der Waals surface area contributed by atoms with E-state index in [0.29, 0.717) is 19.6 Å². The molecule has 130 valence electrons. The monoisotopic (exact) mass is 323 g/mol. The molecular formula is C17H29N3O3. The van der Waals surface area contributed by atoms with E-state index in [2.05, 4.69) is 5.32 Å². The maximum Gasteiger partial charge on any atom is 0.410 e. The highest BCUT2D eigenvalue weighted by atomic mass is 16.6. The lowest BCUT2D eigenvalue weighted by Gasteiger charge is -2.28. The average molecular weight is 323 g/mol. The zero-order valence-electron chi connectivity index (χ0n) is 14.5. The van der Waals surface area contributed by atoms with Crippen LogP contribution >= 0.6 is 0 Å². The van der Waals surface area contributed by atoms with Crippen LogP contribution in [0.1, 0.15) is 33.3 Å². The molecule has 1 amide bonds. The Kier molecular flexibility index (Phi) is 7.32. The number of para-hydroxylation sites is 1. The maximum absolute atomic E-state index is 12.2. The quantitative estimate of drug-likeness (QED) is 0.527. The SMILES string of the molecule is CC(O)CN(CCNCc1ccccc1N)C(=O)OC(C)(C)C. The minimum atomic E-state index is -0.604. The Bertz CT molecular complexity index is 498. The molecule has 0 radical (unpaired) electrons. The number of nitrogens with one attached hydrogen (secondary N) is 1. The van der Waals surface area contributed by atoms with Crippen LogP contribution in [0.3, 0.4) is 0 Å². The highest BCUT2D eigenvalue weighted by molar-refractivity contribution is 5.68. The molecule has 6 heteroatoms. The first-order valence-electron chi connectivity index (χ1n) is 7.89. The fourth-order valence-electron chi connectivity index (χ4n) is 2.03. The van der Waals surface area contributed by atoms with Gasteiger partial charge in [-0.25, -0.2) is 4.79 Å². The molecule has 0 saturated heterocycles. The number of carbonyl (C=O) groups excluding carboxylic acids is 1. The highest BCUT2D eigenvalue weighted by Gasteiger charge is 2.22. The lowest BCUT2D eigenvalue weighted by molar-refractivity contribution is 0.0164. The van der Waals surface area contributed by atoms with Gasteiger partial charge in [0.05, 0.1) is 6.10 Å². The van der Waals surface area contributed by atoms with Crippen molar-refractivity contribution in [3.8, 4) is 0 Å². The van der Waals surface area contributed by atoms with Crippen molar-refractivity contribution in [1.82, 2.24) is 10.2 Å². The lowest BCUT2D eigenvalue weighted by Crippen LogP contribution is -2.43. The number of rotatable bonds is 7. The number of amides is 1. The van der Waals surface area contributed by atoms with Crippen molar-refractivity contribution in [2.45, 2.75) is 45.9 Å². The first-order valence-corrected chi connectivity index (χ1v) is 7.89. The third kappa shape index (κ3) is 7.85. The predicted octanol–water partition coefficient (Wildman–Crippen LogP) is 1.98. The summed E-state index contributed by atoms with van der Waals surface area (Å²) in [6.07, 6.45) is -1.02. The molecule has 0 aliphatic rings. The first-order chi connectivity index (χ1) is 10.7. The fourth-order valence-corrected chi connectivity index (χ4v) is 2.03. The molecule has 0 heterocycles. The summed E-state index contributed by atoms with van der Waals surface area (Å²) in [7, 11) is 0. The van der Waals surface area contributed by atoms with Gasteiger partial charge in [-0.1, -0.05) is 18.2 Å². The Labute approximate surface area is 138 Å². The zero-order valence-corrected chi connectivity index (χ0v) is 14.5. The summed E-state index contributed by atoms with van der Waals surface area (Å²) in [5.41, 5.74) is 7.10. The molecule has 0 aliphatic carbocycles. The standard InChI is InChI=1S/C17H29N3O3/c1-13(21)12-20(16(22)23-17(2,3)4)10-9-19-11-14-7-5-6-8-15(14)18/h5-8,13,19,21H,9-12,18H2,1-4H3. The number of nitrogen functional groups attached to an aromatic ring is 1. The smallest absolute Gasteiger partial charge is 0.410 e. The van der Waals surface area contributed by atoms with E-state index in [9.17, 15) is 9.90 Å². The molecule has 1 rings (SSSR count). The van der Waals surface area contributed by atoms with Gasteiger partial charge < -0.3 is 25.8 Å². The van der Waals surface area contributed by atoms with Gasteiger partial charge in [0.2, 0.25) is 0 Å². The second kappa shape index (κ2) is 8.74. The molecule has 0 spiro atoms. The van der Waals surface area contributed by atoms with Crippen LogP contribution < -0.4 is 11.1 Å². The van der Waals surface area contributed by atoms with Crippen molar-refractivity contribution in [2.75, 3.05) is 25.4 Å². The Morgan fingerprint density at radius 2 is 2.04 bits per heavy atom. The minimum absolute atomic E-state index is 0.240. The Morgan fingerprint density at radius 3 is 2.61 bits per heavy atom. The number of aliphatic hydroxyl groups excluding tert-OH is 1. The van der Waals surface area contributed by atoms with E-state index in [1.54, 1.807) is 6.92 Å². The van der Waals surface area contributed by atoms with Gasteiger partial charge in [0, 0.05) is 31.9 Å². The van der Waals surface area contributed by atoms with Gasteiger partial charge in [0.1, 0.15) is 5.60 Å². The minimum Gasteiger partial charge on any atom is -0.444 e. The van der Waals surface area contributed by atoms with Crippen molar-refractivity contribution < 1.29 is 14.6 Å². The zero-order chi connectivity index (χ0) is 17.5. The number of carbonyl (C=O) groups is 1. The van der Waals surface area contributed by atoms with Crippen molar-refractivity contribution in [3.63, 3.8) is 0 Å². The molecule has 0 aliphatic heterocycles. The fraction of sp³-hybridized carbons (Fsp3) is 0.588. The van der Waals surface area contributed by atoms with Gasteiger partial charge in [-0.15, -0.1) is 0 Å². The van der Waals surface area contributed by atoms with E-state index < -0.39 is 17.8 Å². The number of aliphatic hydroxyl groups is 1. The number of ether oxygens (including phenoxy) is 1. The summed E-state index contributed by atoms with van der Waals surface area (Å²) in [4.78, 5) is 13.7. The molecule has 0 saturated carbocycles. The average Bonchev–Trinajstić information content (AvgIpc) is 2.41. The van der Waals surface area contributed by atoms with Gasteiger partial charge in [0.25, 0.3) is 0 Å². The van der Waals surface area contributed by atoms with E-state index >= 15 is 0 Å². The predicted molar refractivity (Wildman–Crippen MR) is 92.0 cm³/mol. The van der Waals surface area contributed by atoms with E-state index in [0.717, 1.165) is 11.3 Å². The van der Waals surface area contributed by atoms with Gasteiger partial charge in [-0.2, -0.15) is 0 Å². The second-order valence-electron chi connectivity index (χ2n) is 6.65. The number of hydrogen-bond acceptors (Lipinski definition) is 5. The van der Waals surface area contributed by atoms with Crippen LogP contribution in [0.25, 0.3) is 0 Å². The summed E-state index contributed by atoms with van der Waals surface area (Å²) in [5.74, 6) is 0. The van der Waals surface area contributed by atoms with Gasteiger partial charge in [0.15, 0.2) is 0 Å². The summed E-state index contributed by atoms with van der Waals surface area (Å²) >= 11 is 0. The number of nitrogens with zero attached hydrogens (tertiary/aromatic N) is 1. The van der Waals surface area contributed by atoms with E-state index in [4.69, 9.17) is 10.5 Å². The molecule has 0 fully saturated rings. The van der Waals surface area contributed by atoms with Crippen molar-refractivity contribution in [2.24, 2.45) is 0 Å². The summed E-state index contributed by atoms with van der Waals surface area (Å²) in [6, 6.07) is 7.65. The van der Waals surface area contributed by atoms with Gasteiger partial charge >= 0.3 is 6.09 Å². The highest BCUT2D eigenvalue weighted by Crippen LogP contribution is 2.11. The van der Waals surface area contributed by atoms with Crippen LogP contribution in [0.2, 0.25) is 0 Å². The summed E-state index contributed by atoms with van der Waals surface area (Å²) in [6.45, 7) is 9.02. The molecule has 0 bridgehead atoms. The molecule has 1 atom stereocenters. The molecule has 1 unspecified atom stereocenters. The van der Waals surface area contributed by atoms with Crippen molar-refractivity contribution in [3.05, 3.63) is 29.8 Å². The molecule has 0 aromatic heterocycles. The largest absolute Gasteiger partial charge is 0.444 e. The molecule has 23 heavy (non-hydrogen) atoms. The Morgan fingerprint density at radius 1 is 1.39 bits per heavy atom. The number of anilines is 1. The Hall–Kier alpha value is -1.79. The van der Waals surface area contributed by atoms with Crippen molar-refractivity contribution >= 4 is 11.8 Å². The van der Waals surface area contributed by atoms with E-state index in [-0.39, 0.29) is 6.54 Å². The third-order valence-electron chi connectivity index (χ3n) is 3.07. The normalized spacial score (nSPS) is 12.7. The van der Waals surface area contributed by atoms with E-state index in [1.165, 1.54) is 4.90 Å². The second-order valence-corrected chi connectivity index (χ2v) is 6.65. The van der Waals surface area contributed by atoms with Crippen LogP contribution in [-0.4, -0.2) is 47.4 Å². The van der Waals surface area contributed by atoms with E-state index in [1.807, 2.05) is 45.0 Å². The number of nitrogens with two attached hydrogens (primary N) is 1. The third-order valence-corrected chi connectivity index (χ3v) is 3.07. The van der Waals surface area contributed by atoms with Crippen LogP contribution in [0.5, 0.6) is 0 Å². The van der Waals surface area contributed by atoms with Crippen LogP contribution in [0.4, 0.5) is 10.5 Å². The molecule has 1 aromatic rings. The van der Waals surface area contributed by atoms with Crippen molar-refractivity contribution in [1.29, 1.82) is 0 Å².